The zero-order chi connectivity index (χ0) is 42.2. The molecule has 64 heavy (non-hydrogen) atoms. The van der Waals surface area contributed by atoms with Gasteiger partial charge in [0, 0.05) is 53.6 Å². The van der Waals surface area contributed by atoms with Crippen molar-refractivity contribution in [3.8, 4) is 33.4 Å². The molecule has 12 aromatic rings. The summed E-state index contributed by atoms with van der Waals surface area (Å²) in [5.41, 5.74) is 16.9. The second kappa shape index (κ2) is 14.6. The number of fused-ring (bicyclic) bond motifs is 9. The molecule has 0 fully saturated rings. The SMILES string of the molecule is c1ccc(C2(c3ccc(N(c4ccc(-c5cccc6c5oc5ccccc56)cc4)c4ccc(-c5cccc6c5sc5ccccc56)cc4)cc3)c3ccccc3-c3ccccc32)cc1. The van der Waals surface area contributed by atoms with E-state index in [0.29, 0.717) is 0 Å². The Morgan fingerprint density at radius 1 is 0.344 bits per heavy atom. The fourth-order valence-electron chi connectivity index (χ4n) is 10.5. The molecular weight excluding hydrogens is 795 g/mol. The Kier molecular flexibility index (Phi) is 8.34. The average molecular weight is 834 g/mol. The van der Waals surface area contributed by atoms with Gasteiger partial charge in [-0.25, -0.2) is 0 Å². The molecule has 0 bridgehead atoms. The molecule has 300 valence electrons. The van der Waals surface area contributed by atoms with E-state index in [-0.39, 0.29) is 0 Å². The molecule has 0 N–H and O–H groups in total. The van der Waals surface area contributed by atoms with Crippen LogP contribution in [0.15, 0.2) is 241 Å². The molecule has 0 spiro atoms. The smallest absolute Gasteiger partial charge is 0.143 e. The summed E-state index contributed by atoms with van der Waals surface area (Å²) in [6.45, 7) is 0. The van der Waals surface area contributed by atoms with Crippen molar-refractivity contribution < 1.29 is 4.42 Å². The van der Waals surface area contributed by atoms with Crippen LogP contribution < -0.4 is 4.90 Å². The summed E-state index contributed by atoms with van der Waals surface area (Å²) in [5.74, 6) is 0. The van der Waals surface area contributed by atoms with Crippen LogP contribution in [0.5, 0.6) is 0 Å². The van der Waals surface area contributed by atoms with Crippen LogP contribution in [0.2, 0.25) is 0 Å². The third-order valence-corrected chi connectivity index (χ3v) is 14.6. The van der Waals surface area contributed by atoms with Gasteiger partial charge < -0.3 is 9.32 Å². The van der Waals surface area contributed by atoms with E-state index in [0.717, 1.165) is 50.1 Å². The van der Waals surface area contributed by atoms with Crippen LogP contribution in [-0.4, -0.2) is 0 Å². The highest BCUT2D eigenvalue weighted by atomic mass is 32.1. The standard InChI is InChI=1S/C61H39NOS/c1-2-14-42(15-3-1)61(55-24-8-4-16-49(55)50-17-5-9-25-56(50)61)43-32-38-46(39-33-43)62(44-34-28-40(29-35-44)47-20-12-22-53-51-18-6-10-26-57(51)63-59(47)53)45-36-30-41(31-37-45)48-21-13-23-54-52-19-7-11-27-58(52)64-60(48)54/h1-39H. The maximum atomic E-state index is 6.47. The lowest BCUT2D eigenvalue weighted by molar-refractivity contribution is 0.670. The summed E-state index contributed by atoms with van der Waals surface area (Å²) in [6, 6.07) is 86.4. The minimum absolute atomic E-state index is 0.466. The van der Waals surface area contributed by atoms with Crippen LogP contribution in [0.25, 0.3) is 75.5 Å². The highest BCUT2D eigenvalue weighted by Crippen LogP contribution is 2.56. The van der Waals surface area contributed by atoms with Gasteiger partial charge in [0.25, 0.3) is 0 Å². The van der Waals surface area contributed by atoms with Crippen molar-refractivity contribution in [1.29, 1.82) is 0 Å². The van der Waals surface area contributed by atoms with Crippen molar-refractivity contribution >= 4 is 70.5 Å². The number of hydrogen-bond acceptors (Lipinski definition) is 3. The molecule has 1 aliphatic rings. The van der Waals surface area contributed by atoms with E-state index < -0.39 is 5.41 Å². The summed E-state index contributed by atoms with van der Waals surface area (Å²) >= 11 is 1.87. The van der Waals surface area contributed by atoms with Gasteiger partial charge in [0.1, 0.15) is 11.2 Å². The van der Waals surface area contributed by atoms with E-state index in [1.54, 1.807) is 0 Å². The molecule has 10 aromatic carbocycles. The lowest BCUT2D eigenvalue weighted by atomic mass is 9.68. The molecule has 2 nitrogen and oxygen atoms in total. The maximum Gasteiger partial charge on any atom is 0.143 e. The number of benzene rings is 10. The highest BCUT2D eigenvalue weighted by Gasteiger charge is 2.45. The molecule has 0 radical (unpaired) electrons. The minimum atomic E-state index is -0.466. The second-order valence-electron chi connectivity index (χ2n) is 16.7. The van der Waals surface area contributed by atoms with Crippen molar-refractivity contribution in [1.82, 2.24) is 0 Å². The lowest BCUT2D eigenvalue weighted by Crippen LogP contribution is -2.28. The number of hydrogen-bond donors (Lipinski definition) is 0. The van der Waals surface area contributed by atoms with Gasteiger partial charge in [-0.1, -0.05) is 188 Å². The van der Waals surface area contributed by atoms with Gasteiger partial charge in [0.05, 0.1) is 5.41 Å². The molecule has 0 amide bonds. The van der Waals surface area contributed by atoms with E-state index in [9.17, 15) is 0 Å². The van der Waals surface area contributed by atoms with Crippen LogP contribution in [-0.2, 0) is 5.41 Å². The maximum absolute atomic E-state index is 6.47. The molecule has 0 unspecified atom stereocenters. The van der Waals surface area contributed by atoms with Gasteiger partial charge in [-0.05, 0) is 98.6 Å². The predicted molar refractivity (Wildman–Crippen MR) is 269 cm³/mol. The summed E-state index contributed by atoms with van der Waals surface area (Å²) in [7, 11) is 0. The van der Waals surface area contributed by atoms with Gasteiger partial charge >= 0.3 is 0 Å². The van der Waals surface area contributed by atoms with Crippen LogP contribution >= 0.6 is 11.3 Å². The minimum Gasteiger partial charge on any atom is -0.455 e. The zero-order valence-electron chi connectivity index (χ0n) is 34.8. The zero-order valence-corrected chi connectivity index (χ0v) is 35.6. The lowest BCUT2D eigenvalue weighted by Gasteiger charge is -2.34. The second-order valence-corrected chi connectivity index (χ2v) is 17.8. The fourth-order valence-corrected chi connectivity index (χ4v) is 11.8. The molecule has 13 rings (SSSR count). The molecule has 3 heteroatoms. The van der Waals surface area contributed by atoms with Crippen molar-refractivity contribution in [2.45, 2.75) is 5.41 Å². The topological polar surface area (TPSA) is 16.4 Å². The first-order chi connectivity index (χ1) is 31.7. The average Bonchev–Trinajstić information content (AvgIpc) is 4.04. The molecule has 0 atom stereocenters. The molecule has 2 aromatic heterocycles. The first kappa shape index (κ1) is 36.7. The largest absolute Gasteiger partial charge is 0.455 e. The Morgan fingerprint density at radius 3 is 1.52 bits per heavy atom. The number of para-hydroxylation sites is 2. The first-order valence-corrected chi connectivity index (χ1v) is 22.7. The Balaban J connectivity index is 0.949. The Hall–Kier alpha value is -7.98. The third-order valence-electron chi connectivity index (χ3n) is 13.4. The van der Waals surface area contributed by atoms with E-state index in [1.807, 2.05) is 23.5 Å². The molecule has 0 saturated heterocycles. The Labute approximate surface area is 375 Å². The Bertz CT molecular complexity index is 3510. The number of thiophene rings is 1. The summed E-state index contributed by atoms with van der Waals surface area (Å²) < 4.78 is 9.11. The molecule has 1 aliphatic carbocycles. The monoisotopic (exact) mass is 833 g/mol. The fraction of sp³-hybridized carbons (Fsp3) is 0.0164. The van der Waals surface area contributed by atoms with Gasteiger partial charge in [-0.2, -0.15) is 0 Å². The number of furan rings is 1. The van der Waals surface area contributed by atoms with Crippen molar-refractivity contribution in [3.05, 3.63) is 259 Å². The first-order valence-electron chi connectivity index (χ1n) is 21.9. The van der Waals surface area contributed by atoms with Gasteiger partial charge in [0.2, 0.25) is 0 Å². The summed E-state index contributed by atoms with van der Waals surface area (Å²) in [6.07, 6.45) is 0. The summed E-state index contributed by atoms with van der Waals surface area (Å²) in [5, 5.41) is 4.89. The number of rotatable bonds is 7. The van der Waals surface area contributed by atoms with E-state index in [4.69, 9.17) is 4.42 Å². The van der Waals surface area contributed by atoms with E-state index >= 15 is 0 Å². The molecule has 0 aliphatic heterocycles. The van der Waals surface area contributed by atoms with Gasteiger partial charge in [-0.15, -0.1) is 11.3 Å². The van der Waals surface area contributed by atoms with Gasteiger partial charge in [-0.3, -0.25) is 0 Å². The van der Waals surface area contributed by atoms with Crippen LogP contribution in [0, 0.1) is 0 Å². The normalized spacial score (nSPS) is 12.8. The molecule has 2 heterocycles. The Morgan fingerprint density at radius 2 is 0.828 bits per heavy atom. The van der Waals surface area contributed by atoms with Crippen molar-refractivity contribution in [3.63, 3.8) is 0 Å². The summed E-state index contributed by atoms with van der Waals surface area (Å²) in [4.78, 5) is 2.38. The van der Waals surface area contributed by atoms with Crippen molar-refractivity contribution in [2.75, 3.05) is 4.90 Å². The quantitative estimate of drug-likeness (QED) is 0.159. The van der Waals surface area contributed by atoms with E-state index in [2.05, 4.69) is 229 Å². The van der Waals surface area contributed by atoms with Crippen molar-refractivity contribution in [2.24, 2.45) is 0 Å². The number of anilines is 3. The predicted octanol–water partition coefficient (Wildman–Crippen LogP) is 17.1. The molecular formula is C61H39NOS. The van der Waals surface area contributed by atoms with Crippen LogP contribution in [0.1, 0.15) is 22.3 Å². The van der Waals surface area contributed by atoms with Gasteiger partial charge in [0.15, 0.2) is 0 Å². The van der Waals surface area contributed by atoms with Crippen LogP contribution in [0.3, 0.4) is 0 Å². The highest BCUT2D eigenvalue weighted by molar-refractivity contribution is 7.26. The third kappa shape index (κ3) is 5.51. The number of nitrogens with zero attached hydrogens (tertiary/aromatic N) is 1. The van der Waals surface area contributed by atoms with Crippen LogP contribution in [0.4, 0.5) is 17.1 Å². The van der Waals surface area contributed by atoms with E-state index in [1.165, 1.54) is 64.7 Å². The molecule has 0 saturated carbocycles.